The van der Waals surface area contributed by atoms with Crippen molar-refractivity contribution in [2.75, 3.05) is 5.32 Å². The van der Waals surface area contributed by atoms with Gasteiger partial charge in [-0.15, -0.1) is 0 Å². The van der Waals surface area contributed by atoms with Crippen LogP contribution in [0.1, 0.15) is 5.56 Å². The lowest BCUT2D eigenvalue weighted by Gasteiger charge is -2.16. The fourth-order valence-corrected chi connectivity index (χ4v) is 2.64. The number of para-hydroxylation sites is 1. The lowest BCUT2D eigenvalue weighted by Crippen LogP contribution is -2.39. The van der Waals surface area contributed by atoms with Crippen molar-refractivity contribution in [2.24, 2.45) is 0 Å². The van der Waals surface area contributed by atoms with Gasteiger partial charge in [0.1, 0.15) is 0 Å². The smallest absolute Gasteiger partial charge is 0.238 e. The maximum Gasteiger partial charge on any atom is 0.238 e. The molecule has 0 radical (unpaired) electrons. The van der Waals surface area contributed by atoms with Crippen LogP contribution in [0.15, 0.2) is 91.3 Å². The molecule has 0 bridgehead atoms. The highest BCUT2D eigenvalue weighted by Gasteiger charge is 2.18. The minimum absolute atomic E-state index is 0.125. The summed E-state index contributed by atoms with van der Waals surface area (Å²) in [5, 5.41) is 16.1. The summed E-state index contributed by atoms with van der Waals surface area (Å²) >= 11 is 5.53. The molecule has 0 saturated heterocycles. The number of rotatable bonds is 4. The Kier molecular flexibility index (Phi) is 4.99. The first-order chi connectivity index (χ1) is 11.8. The van der Waals surface area contributed by atoms with E-state index in [1.54, 1.807) is 16.7 Å². The van der Waals surface area contributed by atoms with Crippen molar-refractivity contribution in [3.05, 3.63) is 96.8 Å². The minimum atomic E-state index is -0.125. The average Bonchev–Trinajstić information content (AvgIpc) is 2.64. The highest BCUT2D eigenvalue weighted by molar-refractivity contribution is 7.81. The van der Waals surface area contributed by atoms with E-state index in [4.69, 9.17) is 12.2 Å². The van der Waals surface area contributed by atoms with Gasteiger partial charge in [-0.2, -0.15) is 4.57 Å². The van der Waals surface area contributed by atoms with Crippen LogP contribution in [0.3, 0.4) is 0 Å². The second-order valence-electron chi connectivity index (χ2n) is 5.15. The van der Waals surface area contributed by atoms with Crippen molar-refractivity contribution in [3.8, 4) is 0 Å². The molecule has 0 atom stereocenters. The Balaban J connectivity index is 2.04. The summed E-state index contributed by atoms with van der Waals surface area (Å²) in [4.78, 5) is 0.381. The van der Waals surface area contributed by atoms with E-state index in [1.807, 2.05) is 79.1 Å². The van der Waals surface area contributed by atoms with Crippen molar-refractivity contribution in [1.29, 1.82) is 0 Å². The number of nitrogens with zero attached hydrogens (tertiary/aromatic N) is 1. The molecule has 0 aliphatic rings. The summed E-state index contributed by atoms with van der Waals surface area (Å²) in [6, 6.07) is 24.3. The Hall–Kier alpha value is -2.98. The molecule has 0 fully saturated rings. The van der Waals surface area contributed by atoms with Gasteiger partial charge in [0.2, 0.25) is 5.70 Å². The second-order valence-corrected chi connectivity index (χ2v) is 5.55. The van der Waals surface area contributed by atoms with Crippen LogP contribution in [-0.2, 0) is 0 Å². The molecule has 0 spiro atoms. The van der Waals surface area contributed by atoms with E-state index in [2.05, 4.69) is 5.32 Å². The molecule has 3 rings (SSSR count). The maximum atomic E-state index is 13.0. The molecule has 0 amide bonds. The number of benzene rings is 2. The minimum Gasteiger partial charge on any atom is -0.867 e. The van der Waals surface area contributed by atoms with Gasteiger partial charge < -0.3 is 10.4 Å². The fraction of sp³-hybridized carbons (Fsp3) is 0. The van der Waals surface area contributed by atoms with Crippen LogP contribution in [0.4, 0.5) is 5.69 Å². The highest BCUT2D eigenvalue weighted by Crippen LogP contribution is 2.16. The number of nitrogens with one attached hydrogen (secondary N) is 1. The zero-order chi connectivity index (χ0) is 16.8. The van der Waals surface area contributed by atoms with Crippen molar-refractivity contribution in [1.82, 2.24) is 0 Å². The van der Waals surface area contributed by atoms with E-state index in [9.17, 15) is 5.11 Å². The summed E-state index contributed by atoms with van der Waals surface area (Å²) in [6.07, 6.45) is 3.63. The second kappa shape index (κ2) is 7.53. The first-order valence-corrected chi connectivity index (χ1v) is 7.96. The number of thiocarbonyl (C=S) groups is 1. The molecule has 24 heavy (non-hydrogen) atoms. The molecule has 2 aromatic carbocycles. The molecule has 0 unspecified atom stereocenters. The Morgan fingerprint density at radius 1 is 0.792 bits per heavy atom. The fourth-order valence-electron chi connectivity index (χ4n) is 2.32. The van der Waals surface area contributed by atoms with Crippen LogP contribution in [0.2, 0.25) is 0 Å². The third kappa shape index (κ3) is 3.67. The van der Waals surface area contributed by atoms with Gasteiger partial charge in [-0.25, -0.2) is 0 Å². The normalized spacial score (nSPS) is 11.5. The Morgan fingerprint density at radius 3 is 1.96 bits per heavy atom. The van der Waals surface area contributed by atoms with Crippen LogP contribution in [0.5, 0.6) is 0 Å². The van der Waals surface area contributed by atoms with Crippen molar-refractivity contribution >= 4 is 34.3 Å². The van der Waals surface area contributed by atoms with E-state index in [-0.39, 0.29) is 5.76 Å². The van der Waals surface area contributed by atoms with Crippen LogP contribution in [0, 0.1) is 0 Å². The molecule has 4 heteroatoms. The topological polar surface area (TPSA) is 39.0 Å². The standard InChI is InChI=1S/C20H16N2OS/c23-19(16-10-4-1-5-11-16)18(22-14-8-3-9-15-22)20(24)21-17-12-6-2-7-13-17/h1-15H,(H-,21,23,24). The number of anilines is 1. The van der Waals surface area contributed by atoms with Crippen molar-refractivity contribution in [3.63, 3.8) is 0 Å². The first kappa shape index (κ1) is 15.9. The van der Waals surface area contributed by atoms with Crippen molar-refractivity contribution < 1.29 is 9.67 Å². The zero-order valence-electron chi connectivity index (χ0n) is 12.9. The Bertz CT molecular complexity index is 847. The monoisotopic (exact) mass is 332 g/mol. The molecule has 1 N–H and O–H groups in total. The largest absolute Gasteiger partial charge is 0.867 e. The number of aromatic nitrogens is 1. The van der Waals surface area contributed by atoms with E-state index in [1.165, 1.54) is 0 Å². The first-order valence-electron chi connectivity index (χ1n) is 7.55. The molecule has 0 saturated carbocycles. The molecule has 1 heterocycles. The van der Waals surface area contributed by atoms with E-state index < -0.39 is 0 Å². The molecule has 0 aliphatic carbocycles. The van der Waals surface area contributed by atoms with Gasteiger partial charge in [0.05, 0.1) is 0 Å². The highest BCUT2D eigenvalue weighted by atomic mass is 32.1. The van der Waals surface area contributed by atoms with Gasteiger partial charge >= 0.3 is 0 Å². The van der Waals surface area contributed by atoms with Gasteiger partial charge in [0.25, 0.3) is 0 Å². The van der Waals surface area contributed by atoms with Crippen LogP contribution in [-0.4, -0.2) is 4.99 Å². The predicted molar refractivity (Wildman–Crippen MR) is 98.9 cm³/mol. The average molecular weight is 332 g/mol. The molecule has 118 valence electrons. The summed E-state index contributed by atoms with van der Waals surface area (Å²) in [7, 11) is 0. The molecular formula is C20H16N2OS. The number of hydrogen-bond donors (Lipinski definition) is 1. The molecule has 1 aromatic heterocycles. The summed E-state index contributed by atoms with van der Waals surface area (Å²) in [5.74, 6) is -0.125. The quantitative estimate of drug-likeness (QED) is 0.345. The predicted octanol–water partition coefficient (Wildman–Crippen LogP) is 3.10. The van der Waals surface area contributed by atoms with E-state index in [0.29, 0.717) is 16.2 Å². The van der Waals surface area contributed by atoms with Crippen LogP contribution in [0.25, 0.3) is 11.5 Å². The van der Waals surface area contributed by atoms with Gasteiger partial charge in [0, 0.05) is 17.8 Å². The third-order valence-corrected chi connectivity index (χ3v) is 3.77. The molecule has 3 aromatic rings. The van der Waals surface area contributed by atoms with Crippen LogP contribution < -0.4 is 15.0 Å². The summed E-state index contributed by atoms with van der Waals surface area (Å²) in [6.45, 7) is 0. The van der Waals surface area contributed by atoms with Crippen LogP contribution >= 0.6 is 12.2 Å². The molecular weight excluding hydrogens is 316 g/mol. The molecule has 0 aliphatic heterocycles. The number of hydrogen-bond acceptors (Lipinski definition) is 2. The van der Waals surface area contributed by atoms with Gasteiger partial charge in [-0.3, -0.25) is 0 Å². The lowest BCUT2D eigenvalue weighted by molar-refractivity contribution is -0.577. The maximum absolute atomic E-state index is 13.0. The lowest BCUT2D eigenvalue weighted by atomic mass is 10.1. The Morgan fingerprint density at radius 2 is 1.33 bits per heavy atom. The van der Waals surface area contributed by atoms with Crippen molar-refractivity contribution in [2.45, 2.75) is 0 Å². The number of pyridine rings is 1. The SMILES string of the molecule is [O-]/C(=C(\C(=S)Nc1ccccc1)[n+]1ccccc1)c1ccccc1. The Labute approximate surface area is 146 Å². The van der Waals surface area contributed by atoms with Gasteiger partial charge in [-0.05, 0) is 23.5 Å². The summed E-state index contributed by atoms with van der Waals surface area (Å²) < 4.78 is 1.74. The van der Waals surface area contributed by atoms with E-state index >= 15 is 0 Å². The third-order valence-electron chi connectivity index (χ3n) is 3.47. The van der Waals surface area contributed by atoms with Gasteiger partial charge in [0.15, 0.2) is 17.4 Å². The van der Waals surface area contributed by atoms with E-state index in [0.717, 1.165) is 5.69 Å². The summed E-state index contributed by atoms with van der Waals surface area (Å²) in [5.41, 5.74) is 1.86. The zero-order valence-corrected chi connectivity index (χ0v) is 13.7. The molecule has 3 nitrogen and oxygen atoms in total. The van der Waals surface area contributed by atoms with Gasteiger partial charge in [-0.1, -0.05) is 66.8 Å².